The molecular formula is C18H15ClN2O. The highest BCUT2D eigenvalue weighted by Gasteiger charge is 2.07. The number of amides is 1. The van der Waals surface area contributed by atoms with Crippen molar-refractivity contribution in [1.82, 2.24) is 4.98 Å². The molecule has 2 aromatic carbocycles. The first kappa shape index (κ1) is 14.5. The third kappa shape index (κ3) is 3.26. The molecule has 0 fully saturated rings. The first-order valence-electron chi connectivity index (χ1n) is 7.01. The molecule has 0 spiro atoms. The Kier molecular flexibility index (Phi) is 4.07. The Morgan fingerprint density at radius 1 is 1.18 bits per heavy atom. The summed E-state index contributed by atoms with van der Waals surface area (Å²) in [5, 5.41) is 4.54. The van der Waals surface area contributed by atoms with Crippen LogP contribution in [0, 0.1) is 6.92 Å². The van der Waals surface area contributed by atoms with Crippen LogP contribution in [-0.4, -0.2) is 10.9 Å². The van der Waals surface area contributed by atoms with E-state index in [0.29, 0.717) is 5.02 Å². The second-order valence-corrected chi connectivity index (χ2v) is 5.66. The zero-order valence-corrected chi connectivity index (χ0v) is 12.9. The third-order valence-corrected chi connectivity index (χ3v) is 3.72. The lowest BCUT2D eigenvalue weighted by atomic mass is 10.1. The molecule has 0 saturated carbocycles. The molecule has 0 atom stereocenters. The Balaban J connectivity index is 1.76. The van der Waals surface area contributed by atoms with Crippen molar-refractivity contribution >= 4 is 34.1 Å². The molecule has 1 N–H and O–H groups in total. The van der Waals surface area contributed by atoms with Crippen molar-refractivity contribution in [3.05, 3.63) is 70.9 Å². The minimum absolute atomic E-state index is 0.0811. The molecule has 0 saturated heterocycles. The van der Waals surface area contributed by atoms with Gasteiger partial charge in [0.1, 0.15) is 0 Å². The maximum Gasteiger partial charge on any atom is 0.228 e. The molecule has 0 aliphatic carbocycles. The van der Waals surface area contributed by atoms with Crippen LogP contribution in [0.2, 0.25) is 5.02 Å². The maximum atomic E-state index is 12.2. The predicted octanol–water partition coefficient (Wildman–Crippen LogP) is 4.38. The van der Waals surface area contributed by atoms with E-state index in [1.165, 1.54) is 0 Å². The number of aryl methyl sites for hydroxylation is 1. The molecule has 3 nitrogen and oxygen atoms in total. The average Bonchev–Trinajstić information content (AvgIpc) is 2.51. The predicted molar refractivity (Wildman–Crippen MR) is 90.3 cm³/mol. The van der Waals surface area contributed by atoms with Gasteiger partial charge in [0, 0.05) is 22.3 Å². The Hall–Kier alpha value is -2.39. The number of fused-ring (bicyclic) bond motifs is 1. The van der Waals surface area contributed by atoms with Gasteiger partial charge in [-0.2, -0.15) is 0 Å². The topological polar surface area (TPSA) is 42.0 Å². The first-order chi connectivity index (χ1) is 10.6. The highest BCUT2D eigenvalue weighted by Crippen LogP contribution is 2.20. The van der Waals surface area contributed by atoms with Crippen molar-refractivity contribution in [1.29, 1.82) is 0 Å². The zero-order valence-electron chi connectivity index (χ0n) is 12.1. The van der Waals surface area contributed by atoms with Gasteiger partial charge in [-0.3, -0.25) is 9.78 Å². The minimum atomic E-state index is -0.0811. The van der Waals surface area contributed by atoms with Crippen LogP contribution in [-0.2, 0) is 11.2 Å². The molecule has 0 aliphatic rings. The number of carbonyl (C=O) groups is 1. The van der Waals surface area contributed by atoms with Crippen molar-refractivity contribution < 1.29 is 4.79 Å². The van der Waals surface area contributed by atoms with Crippen LogP contribution < -0.4 is 5.32 Å². The van der Waals surface area contributed by atoms with E-state index in [4.69, 9.17) is 11.6 Å². The Morgan fingerprint density at radius 2 is 2.00 bits per heavy atom. The number of hydrogen-bond acceptors (Lipinski definition) is 2. The van der Waals surface area contributed by atoms with Crippen LogP contribution >= 0.6 is 11.6 Å². The summed E-state index contributed by atoms with van der Waals surface area (Å²) in [7, 11) is 0. The van der Waals surface area contributed by atoms with Crippen molar-refractivity contribution in [2.75, 3.05) is 5.32 Å². The number of nitrogens with zero attached hydrogens (tertiary/aromatic N) is 1. The van der Waals surface area contributed by atoms with E-state index in [9.17, 15) is 4.79 Å². The van der Waals surface area contributed by atoms with Gasteiger partial charge in [0.05, 0.1) is 11.9 Å². The molecule has 0 aliphatic heterocycles. The third-order valence-electron chi connectivity index (χ3n) is 3.49. The number of para-hydroxylation sites is 1. The van der Waals surface area contributed by atoms with Crippen LogP contribution in [0.5, 0.6) is 0 Å². The fourth-order valence-corrected chi connectivity index (χ4v) is 2.49. The largest absolute Gasteiger partial charge is 0.326 e. The SMILES string of the molecule is Cc1ccc(Cl)cc1NC(=O)Cc1cnc2ccccc2c1. The highest BCUT2D eigenvalue weighted by atomic mass is 35.5. The standard InChI is InChI=1S/C18H15ClN2O/c1-12-6-7-15(19)10-17(12)21-18(22)9-13-8-14-4-2-3-5-16(14)20-11-13/h2-8,10-11H,9H2,1H3,(H,21,22). The number of anilines is 1. The lowest BCUT2D eigenvalue weighted by molar-refractivity contribution is -0.115. The number of hydrogen-bond donors (Lipinski definition) is 1. The number of pyridine rings is 1. The monoisotopic (exact) mass is 310 g/mol. The van der Waals surface area contributed by atoms with E-state index >= 15 is 0 Å². The summed E-state index contributed by atoms with van der Waals surface area (Å²) in [4.78, 5) is 16.6. The normalized spacial score (nSPS) is 10.6. The van der Waals surface area contributed by atoms with Gasteiger partial charge >= 0.3 is 0 Å². The highest BCUT2D eigenvalue weighted by molar-refractivity contribution is 6.31. The lowest BCUT2D eigenvalue weighted by Crippen LogP contribution is -2.15. The van der Waals surface area contributed by atoms with Crippen molar-refractivity contribution in [2.24, 2.45) is 0 Å². The quantitative estimate of drug-likeness (QED) is 0.780. The van der Waals surface area contributed by atoms with E-state index in [1.807, 2.05) is 43.3 Å². The van der Waals surface area contributed by atoms with Gasteiger partial charge in [-0.25, -0.2) is 0 Å². The van der Waals surface area contributed by atoms with E-state index in [-0.39, 0.29) is 12.3 Å². The summed E-state index contributed by atoms with van der Waals surface area (Å²) >= 11 is 5.96. The molecule has 4 heteroatoms. The smallest absolute Gasteiger partial charge is 0.228 e. The number of nitrogens with one attached hydrogen (secondary N) is 1. The summed E-state index contributed by atoms with van der Waals surface area (Å²) in [5.74, 6) is -0.0811. The van der Waals surface area contributed by atoms with Gasteiger partial charge in [-0.1, -0.05) is 35.9 Å². The summed E-state index contributed by atoms with van der Waals surface area (Å²) in [5.41, 5.74) is 3.54. The van der Waals surface area contributed by atoms with Crippen LogP contribution in [0.15, 0.2) is 54.7 Å². The number of benzene rings is 2. The van der Waals surface area contributed by atoms with Crippen molar-refractivity contribution in [2.45, 2.75) is 13.3 Å². The summed E-state index contributed by atoms with van der Waals surface area (Å²) in [6, 6.07) is 15.3. The molecule has 3 rings (SSSR count). The van der Waals surface area contributed by atoms with E-state index in [1.54, 1.807) is 18.3 Å². The second-order valence-electron chi connectivity index (χ2n) is 5.22. The summed E-state index contributed by atoms with van der Waals surface area (Å²) in [6.07, 6.45) is 2.02. The molecule has 1 amide bonds. The summed E-state index contributed by atoms with van der Waals surface area (Å²) in [6.45, 7) is 1.93. The van der Waals surface area contributed by atoms with Gasteiger partial charge in [-0.15, -0.1) is 0 Å². The van der Waals surface area contributed by atoms with Crippen molar-refractivity contribution in [3.8, 4) is 0 Å². The van der Waals surface area contributed by atoms with Gasteiger partial charge in [0.2, 0.25) is 5.91 Å². The average molecular weight is 311 g/mol. The van der Waals surface area contributed by atoms with E-state index in [0.717, 1.165) is 27.7 Å². The fourth-order valence-electron chi connectivity index (χ4n) is 2.32. The fraction of sp³-hybridized carbons (Fsp3) is 0.111. The van der Waals surface area contributed by atoms with Gasteiger partial charge in [-0.05, 0) is 42.3 Å². The molecule has 1 aromatic heterocycles. The number of rotatable bonds is 3. The molecule has 0 unspecified atom stereocenters. The van der Waals surface area contributed by atoms with Crippen LogP contribution in [0.25, 0.3) is 10.9 Å². The first-order valence-corrected chi connectivity index (χ1v) is 7.39. The Bertz CT molecular complexity index is 845. The van der Waals surface area contributed by atoms with Crippen LogP contribution in [0.3, 0.4) is 0 Å². The van der Waals surface area contributed by atoms with Crippen LogP contribution in [0.1, 0.15) is 11.1 Å². The van der Waals surface area contributed by atoms with Gasteiger partial charge in [0.25, 0.3) is 0 Å². The molecule has 0 radical (unpaired) electrons. The second kappa shape index (κ2) is 6.16. The number of aromatic nitrogens is 1. The molecular weight excluding hydrogens is 296 g/mol. The number of halogens is 1. The van der Waals surface area contributed by atoms with Crippen LogP contribution in [0.4, 0.5) is 5.69 Å². The Labute approximate surface area is 133 Å². The maximum absolute atomic E-state index is 12.2. The molecule has 110 valence electrons. The van der Waals surface area contributed by atoms with E-state index in [2.05, 4.69) is 10.3 Å². The minimum Gasteiger partial charge on any atom is -0.326 e. The van der Waals surface area contributed by atoms with Crippen molar-refractivity contribution in [3.63, 3.8) is 0 Å². The zero-order chi connectivity index (χ0) is 15.5. The molecule has 1 heterocycles. The molecule has 22 heavy (non-hydrogen) atoms. The summed E-state index contributed by atoms with van der Waals surface area (Å²) < 4.78 is 0. The van der Waals surface area contributed by atoms with E-state index < -0.39 is 0 Å². The van der Waals surface area contributed by atoms with Gasteiger partial charge < -0.3 is 5.32 Å². The molecule has 3 aromatic rings. The number of carbonyl (C=O) groups excluding carboxylic acids is 1. The van der Waals surface area contributed by atoms with Gasteiger partial charge in [0.15, 0.2) is 0 Å². The lowest BCUT2D eigenvalue weighted by Gasteiger charge is -2.09. The Morgan fingerprint density at radius 3 is 2.86 bits per heavy atom. The molecule has 0 bridgehead atoms.